The average Bonchev–Trinajstić information content (AvgIpc) is 3.42. The van der Waals surface area contributed by atoms with Crippen molar-refractivity contribution in [1.29, 1.82) is 0 Å². The van der Waals surface area contributed by atoms with Crippen LogP contribution in [0.25, 0.3) is 11.5 Å². The van der Waals surface area contributed by atoms with Crippen LogP contribution in [0.1, 0.15) is 11.1 Å². The van der Waals surface area contributed by atoms with Gasteiger partial charge in [0.25, 0.3) is 0 Å². The fourth-order valence-electron chi connectivity index (χ4n) is 5.09. The van der Waals surface area contributed by atoms with Gasteiger partial charge in [-0.3, -0.25) is 19.2 Å². The Labute approximate surface area is 194 Å². The van der Waals surface area contributed by atoms with E-state index in [1.54, 1.807) is 60.7 Å². The van der Waals surface area contributed by atoms with Gasteiger partial charge in [0.15, 0.2) is 0 Å². The van der Waals surface area contributed by atoms with E-state index in [9.17, 15) is 19.2 Å². The minimum Gasteiger partial charge on any atom is -0.473 e. The van der Waals surface area contributed by atoms with Gasteiger partial charge in [0.05, 0.1) is 14.2 Å². The van der Waals surface area contributed by atoms with Crippen LogP contribution in [0.2, 0.25) is 0 Å². The number of rotatable bonds is 4. The van der Waals surface area contributed by atoms with E-state index in [2.05, 4.69) is 0 Å². The van der Waals surface area contributed by atoms with Crippen LogP contribution < -0.4 is 0 Å². The molecular weight excluding hydrogens is 440 g/mol. The zero-order valence-electron chi connectivity index (χ0n) is 18.3. The van der Waals surface area contributed by atoms with Crippen molar-refractivity contribution in [2.45, 2.75) is 11.2 Å². The van der Waals surface area contributed by atoms with E-state index in [1.807, 2.05) is 0 Å². The molecule has 34 heavy (non-hydrogen) atoms. The highest BCUT2D eigenvalue weighted by molar-refractivity contribution is 6.21. The molecule has 5 rings (SSSR count). The van der Waals surface area contributed by atoms with Crippen molar-refractivity contribution < 1.29 is 38.1 Å². The Bertz CT molecular complexity index is 1160. The summed E-state index contributed by atoms with van der Waals surface area (Å²) in [4.78, 5) is 53.0. The lowest BCUT2D eigenvalue weighted by atomic mass is 9.47. The number of carbonyl (C=O) groups is 4. The van der Waals surface area contributed by atoms with Crippen LogP contribution in [-0.2, 0) is 38.1 Å². The van der Waals surface area contributed by atoms with Gasteiger partial charge in [-0.25, -0.2) is 0 Å². The molecule has 0 bridgehead atoms. The predicted octanol–water partition coefficient (Wildman–Crippen LogP) is 2.34. The topological polar surface area (TPSA) is 105 Å². The third kappa shape index (κ3) is 2.65. The summed E-state index contributed by atoms with van der Waals surface area (Å²) < 4.78 is 22.2. The van der Waals surface area contributed by atoms with Crippen LogP contribution in [-0.4, -0.2) is 48.9 Å². The van der Waals surface area contributed by atoms with Crippen LogP contribution in [0, 0.1) is 11.8 Å². The zero-order chi connectivity index (χ0) is 24.1. The SMILES string of the molecule is COC(=O)[C@H]1[C@H](C(=O)OC)[C@@]2(OC(c3ccccc3)=CC2=O)[C@]12OC(c1ccccc1)=CC2=O. The van der Waals surface area contributed by atoms with Gasteiger partial charge < -0.3 is 18.9 Å². The molecule has 1 aliphatic carbocycles. The van der Waals surface area contributed by atoms with Crippen LogP contribution >= 0.6 is 0 Å². The van der Waals surface area contributed by atoms with Gasteiger partial charge in [0.1, 0.15) is 23.4 Å². The van der Waals surface area contributed by atoms with E-state index >= 15 is 0 Å². The summed E-state index contributed by atoms with van der Waals surface area (Å²) in [5, 5.41) is 0. The standard InChI is InChI=1S/C26H20O8/c1-31-23(29)21-22(24(30)32-2)26(20(28)14-18(34-26)16-11-7-4-8-12-16)25(21)19(27)13-17(33-25)15-9-5-3-6-10-15/h3-14,21-22H,1-2H3/t21-,22-,25-,26-/m1/s1. The second-order valence-electron chi connectivity index (χ2n) is 8.15. The Morgan fingerprint density at radius 3 is 1.35 bits per heavy atom. The Morgan fingerprint density at radius 1 is 0.676 bits per heavy atom. The number of ether oxygens (including phenoxy) is 4. The highest BCUT2D eigenvalue weighted by Gasteiger charge is 2.89. The first-order valence-electron chi connectivity index (χ1n) is 10.6. The van der Waals surface area contributed by atoms with E-state index in [0.29, 0.717) is 11.1 Å². The normalized spacial score (nSPS) is 29.1. The molecule has 0 N–H and O–H groups in total. The minimum atomic E-state index is -2.13. The van der Waals surface area contributed by atoms with Crippen LogP contribution in [0.3, 0.4) is 0 Å². The van der Waals surface area contributed by atoms with Gasteiger partial charge in [-0.05, 0) is 0 Å². The molecule has 172 valence electrons. The van der Waals surface area contributed by atoms with Gasteiger partial charge in [0, 0.05) is 23.3 Å². The summed E-state index contributed by atoms with van der Waals surface area (Å²) in [7, 11) is 2.26. The van der Waals surface area contributed by atoms with Gasteiger partial charge in [0.2, 0.25) is 22.8 Å². The quantitative estimate of drug-likeness (QED) is 0.641. The molecule has 0 unspecified atom stereocenters. The molecule has 0 saturated heterocycles. The maximum absolute atomic E-state index is 13.6. The number of hydrogen-bond donors (Lipinski definition) is 0. The second-order valence-corrected chi connectivity index (χ2v) is 8.15. The molecule has 1 fully saturated rings. The molecule has 8 heteroatoms. The number of fused-ring (bicyclic) bond motifs is 1. The average molecular weight is 460 g/mol. The maximum atomic E-state index is 13.6. The number of methoxy groups -OCH3 is 2. The summed E-state index contributed by atoms with van der Waals surface area (Å²) in [6, 6.07) is 17.5. The lowest BCUT2D eigenvalue weighted by molar-refractivity contribution is -0.260. The Morgan fingerprint density at radius 2 is 1.03 bits per heavy atom. The van der Waals surface area contributed by atoms with Gasteiger partial charge >= 0.3 is 11.9 Å². The number of carbonyl (C=O) groups excluding carboxylic acids is 4. The van der Waals surface area contributed by atoms with Crippen molar-refractivity contribution >= 4 is 35.0 Å². The van der Waals surface area contributed by atoms with Crippen molar-refractivity contribution in [2.24, 2.45) is 11.8 Å². The maximum Gasteiger partial charge on any atom is 0.314 e. The summed E-state index contributed by atoms with van der Waals surface area (Å²) in [5.41, 5.74) is -3.13. The van der Waals surface area contributed by atoms with E-state index in [0.717, 1.165) is 14.2 Å². The molecule has 4 atom stereocenters. The molecule has 2 aliphatic heterocycles. The third-order valence-corrected chi connectivity index (χ3v) is 6.59. The smallest absolute Gasteiger partial charge is 0.314 e. The van der Waals surface area contributed by atoms with E-state index in [4.69, 9.17) is 18.9 Å². The first-order chi connectivity index (χ1) is 16.4. The Hall–Kier alpha value is -4.20. The number of ketones is 2. The fourth-order valence-corrected chi connectivity index (χ4v) is 5.09. The molecule has 0 radical (unpaired) electrons. The van der Waals surface area contributed by atoms with Crippen molar-refractivity contribution in [3.63, 3.8) is 0 Å². The molecule has 3 aliphatic rings. The summed E-state index contributed by atoms with van der Waals surface area (Å²) in [6.07, 6.45) is 2.44. The van der Waals surface area contributed by atoms with Crippen LogP contribution in [0.4, 0.5) is 0 Å². The lowest BCUT2D eigenvalue weighted by Crippen LogP contribution is -2.84. The van der Waals surface area contributed by atoms with Crippen LogP contribution in [0.15, 0.2) is 72.8 Å². The van der Waals surface area contributed by atoms with Gasteiger partial charge in [-0.1, -0.05) is 60.7 Å². The molecular formula is C26H20O8. The van der Waals surface area contributed by atoms with Crippen molar-refractivity contribution in [3.8, 4) is 0 Å². The molecule has 0 aromatic heterocycles. The molecule has 0 amide bonds. The number of esters is 2. The Balaban J connectivity index is 1.66. The van der Waals surface area contributed by atoms with Crippen molar-refractivity contribution in [3.05, 3.63) is 83.9 Å². The van der Waals surface area contributed by atoms with E-state index < -0.39 is 46.5 Å². The van der Waals surface area contributed by atoms with E-state index in [-0.39, 0.29) is 11.5 Å². The predicted molar refractivity (Wildman–Crippen MR) is 117 cm³/mol. The molecule has 2 heterocycles. The lowest BCUT2D eigenvalue weighted by Gasteiger charge is -2.58. The first kappa shape index (κ1) is 21.6. The van der Waals surface area contributed by atoms with Crippen molar-refractivity contribution in [1.82, 2.24) is 0 Å². The number of hydrogen-bond acceptors (Lipinski definition) is 8. The van der Waals surface area contributed by atoms with E-state index in [1.165, 1.54) is 12.2 Å². The monoisotopic (exact) mass is 460 g/mol. The van der Waals surface area contributed by atoms with Gasteiger partial charge in [-0.2, -0.15) is 0 Å². The highest BCUT2D eigenvalue weighted by Crippen LogP contribution is 2.64. The minimum absolute atomic E-state index is 0.159. The van der Waals surface area contributed by atoms with Crippen LogP contribution in [0.5, 0.6) is 0 Å². The molecule has 2 aromatic carbocycles. The largest absolute Gasteiger partial charge is 0.473 e. The number of benzene rings is 2. The summed E-state index contributed by atoms with van der Waals surface area (Å²) in [5.74, 6) is -5.71. The third-order valence-electron chi connectivity index (χ3n) is 6.59. The second kappa shape index (κ2) is 7.69. The highest BCUT2D eigenvalue weighted by atomic mass is 16.6. The molecule has 8 nitrogen and oxygen atoms in total. The Kier molecular flexibility index (Phi) is 4.89. The zero-order valence-corrected chi connectivity index (χ0v) is 18.3. The summed E-state index contributed by atoms with van der Waals surface area (Å²) >= 11 is 0. The molecule has 2 aromatic rings. The van der Waals surface area contributed by atoms with Gasteiger partial charge in [-0.15, -0.1) is 0 Å². The fraction of sp³-hybridized carbons (Fsp3) is 0.231. The summed E-state index contributed by atoms with van der Waals surface area (Å²) in [6.45, 7) is 0. The first-order valence-corrected chi connectivity index (χ1v) is 10.6. The molecule has 1 saturated carbocycles. The molecule has 2 spiro atoms. The van der Waals surface area contributed by atoms with Crippen molar-refractivity contribution in [2.75, 3.05) is 14.2 Å².